The monoisotopic (exact) mass is 444 g/mol. The molecule has 31 heavy (non-hydrogen) atoms. The summed E-state index contributed by atoms with van der Waals surface area (Å²) in [6.07, 6.45) is 0. The lowest BCUT2D eigenvalue weighted by Crippen LogP contribution is -2.45. The Morgan fingerprint density at radius 3 is 2.61 bits per heavy atom. The Labute approximate surface area is 178 Å². The van der Waals surface area contributed by atoms with Crippen LogP contribution in [0.3, 0.4) is 0 Å². The lowest BCUT2D eigenvalue weighted by Gasteiger charge is -2.34. The van der Waals surface area contributed by atoms with Crippen molar-refractivity contribution in [3.05, 3.63) is 46.6 Å². The van der Waals surface area contributed by atoms with E-state index in [0.717, 1.165) is 0 Å². The summed E-state index contributed by atoms with van der Waals surface area (Å²) in [5, 5.41) is 12.5. The molecular formula is C20H20N4O6S. The van der Waals surface area contributed by atoms with Crippen LogP contribution in [0.25, 0.3) is 0 Å². The maximum Gasteiger partial charge on any atom is 0.245 e. The van der Waals surface area contributed by atoms with Gasteiger partial charge in [-0.25, -0.2) is 8.42 Å². The van der Waals surface area contributed by atoms with Gasteiger partial charge in [-0.2, -0.15) is 9.57 Å². The van der Waals surface area contributed by atoms with Crippen LogP contribution in [0.2, 0.25) is 0 Å². The average Bonchev–Trinajstić information content (AvgIpc) is 3.00. The summed E-state index contributed by atoms with van der Waals surface area (Å²) in [6.45, 7) is 3.67. The van der Waals surface area contributed by atoms with Crippen molar-refractivity contribution in [3.8, 4) is 6.07 Å². The van der Waals surface area contributed by atoms with Gasteiger partial charge in [-0.1, -0.05) is 0 Å². The maximum atomic E-state index is 13.3. The van der Waals surface area contributed by atoms with Crippen LogP contribution in [0.5, 0.6) is 0 Å². The predicted molar refractivity (Wildman–Crippen MR) is 108 cm³/mol. The summed E-state index contributed by atoms with van der Waals surface area (Å²) in [6, 6.07) is 6.04. The number of ether oxygens (including phenoxy) is 2. The first kappa shape index (κ1) is 21.0. The summed E-state index contributed by atoms with van der Waals surface area (Å²) in [5.41, 5.74) is 4.17. The smallest absolute Gasteiger partial charge is 0.245 e. The molecule has 3 aliphatic rings. The third kappa shape index (κ3) is 2.87. The molecule has 0 radical (unpaired) electrons. The van der Waals surface area contributed by atoms with E-state index in [1.807, 2.05) is 6.07 Å². The minimum atomic E-state index is -3.89. The number of anilines is 1. The molecule has 1 unspecified atom stereocenters. The normalized spacial score (nSPS) is 24.0. The highest BCUT2D eigenvalue weighted by Crippen LogP contribution is 2.52. The molecule has 162 valence electrons. The van der Waals surface area contributed by atoms with Gasteiger partial charge in [-0.3, -0.25) is 9.59 Å². The molecule has 0 aliphatic carbocycles. The van der Waals surface area contributed by atoms with Crippen molar-refractivity contribution in [3.63, 3.8) is 0 Å². The highest BCUT2D eigenvalue weighted by atomic mass is 32.2. The lowest BCUT2D eigenvalue weighted by molar-refractivity contribution is -0.122. The number of fused-ring (bicyclic) bond motifs is 2. The van der Waals surface area contributed by atoms with Gasteiger partial charge in [-0.15, -0.1) is 0 Å². The Bertz CT molecular complexity index is 1220. The molecule has 0 saturated carbocycles. The Kier molecular flexibility index (Phi) is 4.88. The van der Waals surface area contributed by atoms with Crippen LogP contribution < -0.4 is 11.1 Å². The Balaban J connectivity index is 1.98. The summed E-state index contributed by atoms with van der Waals surface area (Å²) < 4.78 is 38.3. The van der Waals surface area contributed by atoms with Crippen molar-refractivity contribution in [2.24, 2.45) is 5.73 Å². The number of ketones is 1. The van der Waals surface area contributed by atoms with Crippen LogP contribution in [0.15, 0.2) is 45.9 Å². The molecule has 1 fully saturated rings. The van der Waals surface area contributed by atoms with Gasteiger partial charge in [0.2, 0.25) is 21.8 Å². The Morgan fingerprint density at radius 2 is 2.00 bits per heavy atom. The molecule has 0 bridgehead atoms. The molecule has 1 atom stereocenters. The van der Waals surface area contributed by atoms with E-state index in [9.17, 15) is 23.3 Å². The molecule has 11 heteroatoms. The zero-order valence-corrected chi connectivity index (χ0v) is 17.7. The molecule has 1 amide bonds. The van der Waals surface area contributed by atoms with Crippen LogP contribution in [-0.4, -0.2) is 50.7 Å². The number of nitrogens with zero attached hydrogens (tertiary/aromatic N) is 2. The van der Waals surface area contributed by atoms with E-state index in [2.05, 4.69) is 5.32 Å². The fraction of sp³-hybridized carbons (Fsp3) is 0.350. The van der Waals surface area contributed by atoms with Crippen LogP contribution in [-0.2, 0) is 34.5 Å². The van der Waals surface area contributed by atoms with Gasteiger partial charge in [0.05, 0.1) is 23.7 Å². The predicted octanol–water partition coefficient (Wildman–Crippen LogP) is 0.484. The van der Waals surface area contributed by atoms with Crippen LogP contribution >= 0.6 is 0 Å². The van der Waals surface area contributed by atoms with Gasteiger partial charge in [0.1, 0.15) is 22.8 Å². The first-order valence-corrected chi connectivity index (χ1v) is 10.9. The van der Waals surface area contributed by atoms with Gasteiger partial charge >= 0.3 is 0 Å². The van der Waals surface area contributed by atoms with Gasteiger partial charge in [0.25, 0.3) is 0 Å². The number of hydrogen-bond donors (Lipinski definition) is 2. The summed E-state index contributed by atoms with van der Waals surface area (Å²) >= 11 is 0. The van der Waals surface area contributed by atoms with Crippen molar-refractivity contribution >= 4 is 27.4 Å². The number of hydrogen-bond acceptors (Lipinski definition) is 8. The molecule has 3 heterocycles. The summed E-state index contributed by atoms with van der Waals surface area (Å²) in [7, 11) is -3.89. The number of rotatable bonds is 3. The van der Waals surface area contributed by atoms with Gasteiger partial charge in [0.15, 0.2) is 5.78 Å². The molecule has 3 aliphatic heterocycles. The SMILES string of the molecule is CC(=O)C1=C(C)OC(N)=C(C#N)C12C(=O)Nc1ccc(S(=O)(=O)N3CCOCC3)cc12. The quantitative estimate of drug-likeness (QED) is 0.683. The number of carbonyl (C=O) groups is 2. The number of benzene rings is 1. The van der Waals surface area contributed by atoms with E-state index in [0.29, 0.717) is 5.69 Å². The number of morpholine rings is 1. The van der Waals surface area contributed by atoms with E-state index in [-0.39, 0.29) is 59.6 Å². The second-order valence-corrected chi connectivity index (χ2v) is 9.31. The van der Waals surface area contributed by atoms with Crippen LogP contribution in [0.4, 0.5) is 5.69 Å². The zero-order chi connectivity index (χ0) is 22.6. The van der Waals surface area contributed by atoms with E-state index in [1.165, 1.54) is 36.4 Å². The van der Waals surface area contributed by atoms with Crippen molar-refractivity contribution in [1.82, 2.24) is 4.31 Å². The van der Waals surface area contributed by atoms with Crippen LogP contribution in [0, 0.1) is 11.3 Å². The summed E-state index contributed by atoms with van der Waals surface area (Å²) in [5.74, 6) is -1.40. The van der Waals surface area contributed by atoms with Crippen molar-refractivity contribution in [2.45, 2.75) is 24.2 Å². The fourth-order valence-electron chi connectivity index (χ4n) is 4.37. The third-order valence-electron chi connectivity index (χ3n) is 5.67. The molecule has 0 aromatic heterocycles. The second-order valence-electron chi connectivity index (χ2n) is 7.37. The molecule has 3 N–H and O–H groups in total. The number of carbonyl (C=O) groups excluding carboxylic acids is 2. The zero-order valence-electron chi connectivity index (χ0n) is 16.9. The van der Waals surface area contributed by atoms with Gasteiger partial charge in [-0.05, 0) is 32.0 Å². The van der Waals surface area contributed by atoms with E-state index >= 15 is 0 Å². The number of sulfonamides is 1. The largest absolute Gasteiger partial charge is 0.445 e. The number of nitriles is 1. The standard InChI is InChI=1S/C20H20N4O6S/c1-11(25)17-12(2)30-18(22)15(10-21)20(17)14-9-13(3-4-16(14)23-19(20)26)31(27,28)24-5-7-29-8-6-24/h3-4,9H,5-8,22H2,1-2H3,(H,23,26). The van der Waals surface area contributed by atoms with Crippen molar-refractivity contribution < 1.29 is 27.5 Å². The average molecular weight is 444 g/mol. The Morgan fingerprint density at radius 1 is 1.32 bits per heavy atom. The lowest BCUT2D eigenvalue weighted by atomic mass is 9.67. The highest BCUT2D eigenvalue weighted by Gasteiger charge is 2.58. The minimum Gasteiger partial charge on any atom is -0.445 e. The number of nitrogens with two attached hydrogens (primary N) is 1. The van der Waals surface area contributed by atoms with Crippen molar-refractivity contribution in [1.29, 1.82) is 5.26 Å². The number of amides is 1. The molecule has 1 spiro atoms. The number of allylic oxidation sites excluding steroid dienone is 1. The molecule has 4 rings (SSSR count). The molecule has 1 aromatic rings. The highest BCUT2D eigenvalue weighted by molar-refractivity contribution is 7.89. The first-order chi connectivity index (χ1) is 14.6. The van der Waals surface area contributed by atoms with Crippen molar-refractivity contribution in [2.75, 3.05) is 31.6 Å². The second kappa shape index (κ2) is 7.19. The summed E-state index contributed by atoms with van der Waals surface area (Å²) in [4.78, 5) is 25.8. The molecule has 1 saturated heterocycles. The van der Waals surface area contributed by atoms with E-state index in [4.69, 9.17) is 15.2 Å². The van der Waals surface area contributed by atoms with Gasteiger partial charge in [0, 0.05) is 24.3 Å². The fourth-order valence-corrected chi connectivity index (χ4v) is 5.80. The topological polar surface area (TPSA) is 152 Å². The van der Waals surface area contributed by atoms with Gasteiger partial charge < -0.3 is 20.5 Å². The number of nitrogens with one attached hydrogen (secondary N) is 1. The molecule has 1 aromatic carbocycles. The first-order valence-electron chi connectivity index (χ1n) is 9.50. The third-order valence-corrected chi connectivity index (χ3v) is 7.56. The minimum absolute atomic E-state index is 0.0598. The molecular weight excluding hydrogens is 424 g/mol. The van der Waals surface area contributed by atoms with Crippen LogP contribution in [0.1, 0.15) is 19.4 Å². The maximum absolute atomic E-state index is 13.3. The van der Waals surface area contributed by atoms with E-state index < -0.39 is 27.1 Å². The number of Topliss-reactive ketones (excluding diaryl/α,β-unsaturated/α-hetero) is 1. The van der Waals surface area contributed by atoms with E-state index in [1.54, 1.807) is 0 Å². The molecule has 10 nitrogen and oxygen atoms in total. The Hall–Kier alpha value is -3.20.